The zero-order valence-electron chi connectivity index (χ0n) is 12.6. The van der Waals surface area contributed by atoms with Crippen LogP contribution in [0.1, 0.15) is 26.3 Å². The molecule has 0 radical (unpaired) electrons. The molecule has 0 atom stereocenters. The van der Waals surface area contributed by atoms with Crippen molar-refractivity contribution >= 4 is 51.4 Å². The standard InChI is InChI=1S/C16H16N2O2S2/c1-4-17-11-8-6-5-7-10(11)12(14(17)19)13-15(20)18(9(2)3)16(21)22-13/h5-9H,4H2,1-3H3. The van der Waals surface area contributed by atoms with E-state index in [0.29, 0.717) is 21.3 Å². The molecule has 4 nitrogen and oxygen atoms in total. The van der Waals surface area contributed by atoms with Crippen molar-refractivity contribution < 1.29 is 9.59 Å². The maximum atomic E-state index is 12.7. The number of thioether (sulfide) groups is 1. The van der Waals surface area contributed by atoms with Gasteiger partial charge in [-0.2, -0.15) is 0 Å². The molecule has 1 fully saturated rings. The van der Waals surface area contributed by atoms with Crippen LogP contribution in [0.25, 0.3) is 5.57 Å². The van der Waals surface area contributed by atoms with Gasteiger partial charge in [0.05, 0.1) is 16.2 Å². The Hall–Kier alpha value is -1.66. The fourth-order valence-corrected chi connectivity index (χ4v) is 4.38. The Bertz CT molecular complexity index is 725. The Morgan fingerprint density at radius 2 is 1.86 bits per heavy atom. The summed E-state index contributed by atoms with van der Waals surface area (Å²) in [6.07, 6.45) is 0. The molecular formula is C16H16N2O2S2. The summed E-state index contributed by atoms with van der Waals surface area (Å²) in [5.41, 5.74) is 2.16. The normalized spacial score (nSPS) is 21.4. The van der Waals surface area contributed by atoms with Gasteiger partial charge in [0.2, 0.25) is 0 Å². The zero-order valence-corrected chi connectivity index (χ0v) is 14.3. The largest absolute Gasteiger partial charge is 0.308 e. The Kier molecular flexibility index (Phi) is 3.82. The summed E-state index contributed by atoms with van der Waals surface area (Å²) in [5, 5.41) is 0. The molecule has 6 heteroatoms. The topological polar surface area (TPSA) is 40.6 Å². The highest BCUT2D eigenvalue weighted by Gasteiger charge is 2.42. The number of carbonyl (C=O) groups excluding carboxylic acids is 2. The van der Waals surface area contributed by atoms with Crippen molar-refractivity contribution in [2.45, 2.75) is 26.8 Å². The molecule has 3 rings (SSSR count). The molecule has 22 heavy (non-hydrogen) atoms. The highest BCUT2D eigenvalue weighted by Crippen LogP contribution is 2.44. The molecule has 114 valence electrons. The lowest BCUT2D eigenvalue weighted by atomic mass is 10.1. The van der Waals surface area contributed by atoms with Crippen molar-refractivity contribution in [3.63, 3.8) is 0 Å². The Balaban J connectivity index is 2.18. The van der Waals surface area contributed by atoms with Crippen LogP contribution in [0.3, 0.4) is 0 Å². The monoisotopic (exact) mass is 332 g/mol. The Morgan fingerprint density at radius 1 is 1.18 bits per heavy atom. The van der Waals surface area contributed by atoms with Crippen molar-refractivity contribution in [1.82, 2.24) is 4.90 Å². The molecule has 2 heterocycles. The average Bonchev–Trinajstić information content (AvgIpc) is 2.91. The third-order valence-corrected chi connectivity index (χ3v) is 5.18. The van der Waals surface area contributed by atoms with Gasteiger partial charge >= 0.3 is 0 Å². The second-order valence-electron chi connectivity index (χ2n) is 5.41. The third-order valence-electron chi connectivity index (χ3n) is 3.78. The predicted molar refractivity (Wildman–Crippen MR) is 93.6 cm³/mol. The van der Waals surface area contributed by atoms with Crippen molar-refractivity contribution in [3.8, 4) is 0 Å². The molecule has 0 bridgehead atoms. The number of amides is 2. The lowest BCUT2D eigenvalue weighted by molar-refractivity contribution is -0.123. The van der Waals surface area contributed by atoms with E-state index in [4.69, 9.17) is 12.2 Å². The zero-order chi connectivity index (χ0) is 16.0. The van der Waals surface area contributed by atoms with E-state index in [1.165, 1.54) is 11.8 Å². The Labute approximate surface area is 139 Å². The first kappa shape index (κ1) is 15.2. The molecule has 2 aliphatic rings. The van der Waals surface area contributed by atoms with Crippen molar-refractivity contribution in [3.05, 3.63) is 34.7 Å². The molecule has 0 aliphatic carbocycles. The van der Waals surface area contributed by atoms with Gasteiger partial charge in [0, 0.05) is 18.2 Å². The highest BCUT2D eigenvalue weighted by molar-refractivity contribution is 8.26. The number of benzene rings is 1. The predicted octanol–water partition coefficient (Wildman–Crippen LogP) is 3.03. The van der Waals surface area contributed by atoms with Crippen LogP contribution in [0.15, 0.2) is 29.2 Å². The number of para-hydroxylation sites is 1. The Morgan fingerprint density at radius 3 is 2.45 bits per heavy atom. The molecule has 1 aromatic carbocycles. The lowest BCUT2D eigenvalue weighted by Crippen LogP contribution is -2.35. The molecule has 2 amide bonds. The van der Waals surface area contributed by atoms with Gasteiger partial charge < -0.3 is 4.90 Å². The molecule has 0 unspecified atom stereocenters. The maximum Gasteiger partial charge on any atom is 0.267 e. The molecule has 0 saturated carbocycles. The lowest BCUT2D eigenvalue weighted by Gasteiger charge is -2.18. The van der Waals surface area contributed by atoms with E-state index >= 15 is 0 Å². The van der Waals surface area contributed by atoms with E-state index in [2.05, 4.69) is 0 Å². The van der Waals surface area contributed by atoms with Crippen LogP contribution in [-0.4, -0.2) is 33.6 Å². The molecule has 2 aliphatic heterocycles. The number of nitrogens with zero attached hydrogens (tertiary/aromatic N) is 2. The van der Waals surface area contributed by atoms with E-state index < -0.39 is 0 Å². The van der Waals surface area contributed by atoms with Gasteiger partial charge in [-0.25, -0.2) is 0 Å². The van der Waals surface area contributed by atoms with Crippen molar-refractivity contribution in [2.24, 2.45) is 0 Å². The van der Waals surface area contributed by atoms with Crippen LogP contribution in [0.4, 0.5) is 5.69 Å². The molecule has 1 saturated heterocycles. The summed E-state index contributed by atoms with van der Waals surface area (Å²) >= 11 is 6.54. The summed E-state index contributed by atoms with van der Waals surface area (Å²) in [7, 11) is 0. The highest BCUT2D eigenvalue weighted by atomic mass is 32.2. The molecular weight excluding hydrogens is 316 g/mol. The maximum absolute atomic E-state index is 12.7. The SMILES string of the molecule is CCN1C(=O)C(=C2SC(=S)N(C(C)C)C2=O)c2ccccc21. The van der Waals surface area contributed by atoms with Gasteiger partial charge in [-0.15, -0.1) is 0 Å². The second-order valence-corrected chi connectivity index (χ2v) is 7.05. The van der Waals surface area contributed by atoms with Crippen molar-refractivity contribution in [1.29, 1.82) is 0 Å². The molecule has 0 N–H and O–H groups in total. The van der Waals surface area contributed by atoms with Gasteiger partial charge in [0.1, 0.15) is 4.32 Å². The van der Waals surface area contributed by atoms with Crippen LogP contribution in [0.2, 0.25) is 0 Å². The third kappa shape index (κ3) is 2.09. The first-order chi connectivity index (χ1) is 10.5. The van der Waals surface area contributed by atoms with E-state index in [9.17, 15) is 9.59 Å². The molecule has 1 aromatic rings. The van der Waals surface area contributed by atoms with Crippen molar-refractivity contribution in [2.75, 3.05) is 11.4 Å². The van der Waals surface area contributed by atoms with Crippen LogP contribution in [0, 0.1) is 0 Å². The summed E-state index contributed by atoms with van der Waals surface area (Å²) in [5.74, 6) is -0.283. The minimum Gasteiger partial charge on any atom is -0.308 e. The van der Waals surface area contributed by atoms with Crippen LogP contribution in [0.5, 0.6) is 0 Å². The number of fused-ring (bicyclic) bond motifs is 1. The number of likely N-dealkylation sites (N-methyl/N-ethyl adjacent to an activating group) is 1. The summed E-state index contributed by atoms with van der Waals surface area (Å²) in [6, 6.07) is 7.57. The van der Waals surface area contributed by atoms with E-state index in [1.54, 1.807) is 9.80 Å². The molecule has 0 aromatic heterocycles. The summed E-state index contributed by atoms with van der Waals surface area (Å²) in [4.78, 5) is 29.2. The summed E-state index contributed by atoms with van der Waals surface area (Å²) < 4.78 is 0.516. The van der Waals surface area contributed by atoms with Crippen LogP contribution >= 0.6 is 24.0 Å². The van der Waals surface area contributed by atoms with Gasteiger partial charge in [-0.1, -0.05) is 42.2 Å². The van der Waals surface area contributed by atoms with E-state index in [-0.39, 0.29) is 17.9 Å². The summed E-state index contributed by atoms with van der Waals surface area (Å²) in [6.45, 7) is 6.34. The van der Waals surface area contributed by atoms with E-state index in [1.807, 2.05) is 45.0 Å². The van der Waals surface area contributed by atoms with Gasteiger partial charge in [0.15, 0.2) is 0 Å². The number of anilines is 1. The average molecular weight is 332 g/mol. The van der Waals surface area contributed by atoms with Crippen LogP contribution in [-0.2, 0) is 9.59 Å². The smallest absolute Gasteiger partial charge is 0.267 e. The van der Waals surface area contributed by atoms with Gasteiger partial charge in [-0.3, -0.25) is 14.5 Å². The number of carbonyl (C=O) groups is 2. The number of hydrogen-bond acceptors (Lipinski definition) is 4. The first-order valence-corrected chi connectivity index (χ1v) is 8.40. The number of thiocarbonyl (C=S) groups is 1. The second kappa shape index (κ2) is 5.52. The minimum absolute atomic E-state index is 0.0142. The van der Waals surface area contributed by atoms with E-state index in [0.717, 1.165) is 11.3 Å². The van der Waals surface area contributed by atoms with Gasteiger partial charge in [-0.05, 0) is 26.8 Å². The fraction of sp³-hybridized carbons (Fsp3) is 0.312. The number of hydrogen-bond donors (Lipinski definition) is 0. The quantitative estimate of drug-likeness (QED) is 0.616. The fourth-order valence-electron chi connectivity index (χ4n) is 2.79. The number of rotatable bonds is 2. The molecule has 0 spiro atoms. The van der Waals surface area contributed by atoms with Crippen LogP contribution < -0.4 is 4.90 Å². The minimum atomic E-state index is -0.166. The van der Waals surface area contributed by atoms with Gasteiger partial charge in [0.25, 0.3) is 11.8 Å². The first-order valence-electron chi connectivity index (χ1n) is 7.18.